The molecule has 1 amide bonds. The second-order valence-corrected chi connectivity index (χ2v) is 7.15. The number of benzene rings is 2. The molecule has 140 valence electrons. The van der Waals surface area contributed by atoms with E-state index < -0.39 is 0 Å². The molecule has 0 spiro atoms. The van der Waals surface area contributed by atoms with Crippen molar-refractivity contribution in [2.75, 3.05) is 11.9 Å². The molecule has 2 N–H and O–H groups in total. The van der Waals surface area contributed by atoms with Crippen molar-refractivity contribution in [2.24, 2.45) is 0 Å². The van der Waals surface area contributed by atoms with Crippen LogP contribution in [-0.4, -0.2) is 27.7 Å². The number of ether oxygens (including phenoxy) is 1. The summed E-state index contributed by atoms with van der Waals surface area (Å²) in [5, 5.41) is 3.16. The van der Waals surface area contributed by atoms with Crippen molar-refractivity contribution in [1.29, 1.82) is 0 Å². The molecule has 1 atom stereocenters. The Morgan fingerprint density at radius 2 is 1.93 bits per heavy atom. The summed E-state index contributed by atoms with van der Waals surface area (Å²) in [7, 11) is 0. The highest BCUT2D eigenvalue weighted by Gasteiger charge is 2.17. The Hall–Kier alpha value is -2.80. The van der Waals surface area contributed by atoms with Gasteiger partial charge < -0.3 is 15.0 Å². The molecular weight excluding hydrogens is 365 g/mol. The SMILES string of the molecule is CCOc1ccc(NC(=O)C(C)Sc2ncc(-c3ccc(F)cc3)[nH]2)cc1. The maximum Gasteiger partial charge on any atom is 0.237 e. The van der Waals surface area contributed by atoms with Crippen LogP contribution in [0, 0.1) is 5.82 Å². The number of nitrogens with one attached hydrogen (secondary N) is 2. The molecule has 1 unspecified atom stereocenters. The molecule has 0 saturated carbocycles. The summed E-state index contributed by atoms with van der Waals surface area (Å²) in [6, 6.07) is 13.4. The molecule has 7 heteroatoms. The van der Waals surface area contributed by atoms with Gasteiger partial charge in [0, 0.05) is 5.69 Å². The summed E-state index contributed by atoms with van der Waals surface area (Å²) in [6.07, 6.45) is 1.67. The zero-order valence-electron chi connectivity index (χ0n) is 15.0. The summed E-state index contributed by atoms with van der Waals surface area (Å²) in [6.45, 7) is 4.34. The van der Waals surface area contributed by atoms with E-state index in [9.17, 15) is 9.18 Å². The van der Waals surface area contributed by atoms with Crippen molar-refractivity contribution in [3.63, 3.8) is 0 Å². The number of carbonyl (C=O) groups is 1. The highest BCUT2D eigenvalue weighted by atomic mass is 32.2. The van der Waals surface area contributed by atoms with Gasteiger partial charge >= 0.3 is 0 Å². The molecule has 0 saturated heterocycles. The van der Waals surface area contributed by atoms with E-state index >= 15 is 0 Å². The maximum atomic E-state index is 13.0. The number of imidazole rings is 1. The van der Waals surface area contributed by atoms with E-state index in [2.05, 4.69) is 15.3 Å². The molecule has 27 heavy (non-hydrogen) atoms. The third-order valence-electron chi connectivity index (χ3n) is 3.80. The van der Waals surface area contributed by atoms with Gasteiger partial charge in [0.1, 0.15) is 11.6 Å². The Morgan fingerprint density at radius 1 is 1.22 bits per heavy atom. The van der Waals surface area contributed by atoms with E-state index in [0.717, 1.165) is 17.0 Å². The quantitative estimate of drug-likeness (QED) is 0.577. The van der Waals surface area contributed by atoms with E-state index in [-0.39, 0.29) is 17.0 Å². The van der Waals surface area contributed by atoms with E-state index in [1.807, 2.05) is 26.0 Å². The Bertz CT molecular complexity index is 894. The van der Waals surface area contributed by atoms with Crippen molar-refractivity contribution >= 4 is 23.4 Å². The third-order valence-corrected chi connectivity index (χ3v) is 4.80. The molecule has 0 fully saturated rings. The lowest BCUT2D eigenvalue weighted by Gasteiger charge is -2.11. The van der Waals surface area contributed by atoms with Crippen LogP contribution in [0.1, 0.15) is 13.8 Å². The fourth-order valence-corrected chi connectivity index (χ4v) is 3.19. The molecule has 5 nitrogen and oxygen atoms in total. The molecule has 0 aliphatic heterocycles. The molecule has 2 aromatic carbocycles. The van der Waals surface area contributed by atoms with Gasteiger partial charge in [-0.1, -0.05) is 11.8 Å². The largest absolute Gasteiger partial charge is 0.494 e. The van der Waals surface area contributed by atoms with Crippen LogP contribution in [0.2, 0.25) is 0 Å². The van der Waals surface area contributed by atoms with Gasteiger partial charge in [-0.25, -0.2) is 9.37 Å². The Kier molecular flexibility index (Phi) is 6.13. The molecule has 3 rings (SSSR count). The average molecular weight is 385 g/mol. The predicted molar refractivity (Wildman–Crippen MR) is 106 cm³/mol. The van der Waals surface area contributed by atoms with Crippen LogP contribution in [0.3, 0.4) is 0 Å². The molecule has 0 radical (unpaired) electrons. The van der Waals surface area contributed by atoms with Crippen LogP contribution in [0.15, 0.2) is 59.9 Å². The number of rotatable bonds is 7. The number of halogens is 1. The second kappa shape index (κ2) is 8.73. The fourth-order valence-electron chi connectivity index (χ4n) is 2.40. The van der Waals surface area contributed by atoms with Gasteiger partial charge in [-0.15, -0.1) is 0 Å². The van der Waals surface area contributed by atoms with Gasteiger partial charge in [0.15, 0.2) is 5.16 Å². The Morgan fingerprint density at radius 3 is 2.59 bits per heavy atom. The number of nitrogens with zero attached hydrogens (tertiary/aromatic N) is 1. The summed E-state index contributed by atoms with van der Waals surface area (Å²) in [4.78, 5) is 19.8. The highest BCUT2D eigenvalue weighted by molar-refractivity contribution is 8.00. The van der Waals surface area contributed by atoms with Crippen LogP contribution in [0.4, 0.5) is 10.1 Å². The van der Waals surface area contributed by atoms with Gasteiger partial charge in [-0.05, 0) is 67.9 Å². The van der Waals surface area contributed by atoms with Crippen molar-refractivity contribution < 1.29 is 13.9 Å². The number of carbonyl (C=O) groups excluding carboxylic acids is 1. The van der Waals surface area contributed by atoms with E-state index in [1.54, 1.807) is 30.5 Å². The minimum absolute atomic E-state index is 0.121. The number of aromatic nitrogens is 2. The molecule has 0 bridgehead atoms. The van der Waals surface area contributed by atoms with Crippen LogP contribution in [-0.2, 0) is 4.79 Å². The number of H-pyrrole nitrogens is 1. The number of hydrogen-bond donors (Lipinski definition) is 2. The first-order valence-corrected chi connectivity index (χ1v) is 9.44. The first kappa shape index (κ1) is 19.0. The molecule has 0 aliphatic rings. The topological polar surface area (TPSA) is 67.0 Å². The van der Waals surface area contributed by atoms with Crippen LogP contribution >= 0.6 is 11.8 Å². The minimum Gasteiger partial charge on any atom is -0.494 e. The Labute approximate surface area is 161 Å². The van der Waals surface area contributed by atoms with E-state index in [4.69, 9.17) is 4.74 Å². The number of thioether (sulfide) groups is 1. The number of aromatic amines is 1. The Balaban J connectivity index is 1.58. The molecular formula is C20H20FN3O2S. The second-order valence-electron chi connectivity index (χ2n) is 5.82. The monoisotopic (exact) mass is 385 g/mol. The maximum absolute atomic E-state index is 13.0. The normalized spacial score (nSPS) is 11.8. The van der Waals surface area contributed by atoms with Crippen LogP contribution in [0.5, 0.6) is 5.75 Å². The van der Waals surface area contributed by atoms with Crippen LogP contribution < -0.4 is 10.1 Å². The lowest BCUT2D eigenvalue weighted by atomic mass is 10.2. The third kappa shape index (κ3) is 5.10. The van der Waals surface area contributed by atoms with Gasteiger partial charge in [0.2, 0.25) is 5.91 Å². The van der Waals surface area contributed by atoms with Crippen LogP contribution in [0.25, 0.3) is 11.3 Å². The van der Waals surface area contributed by atoms with Crippen molar-refractivity contribution in [3.8, 4) is 17.0 Å². The van der Waals surface area contributed by atoms with Crippen molar-refractivity contribution in [2.45, 2.75) is 24.3 Å². The summed E-state index contributed by atoms with van der Waals surface area (Å²) < 4.78 is 18.4. The summed E-state index contributed by atoms with van der Waals surface area (Å²) >= 11 is 1.32. The minimum atomic E-state index is -0.344. The van der Waals surface area contributed by atoms with E-state index in [1.165, 1.54) is 23.9 Å². The van der Waals surface area contributed by atoms with E-state index in [0.29, 0.717) is 17.5 Å². The van der Waals surface area contributed by atoms with Crippen molar-refractivity contribution in [3.05, 3.63) is 60.5 Å². The van der Waals surface area contributed by atoms with Gasteiger partial charge in [0.05, 0.1) is 23.7 Å². The summed E-state index contributed by atoms with van der Waals surface area (Å²) in [5.41, 5.74) is 2.32. The molecule has 0 aliphatic carbocycles. The van der Waals surface area contributed by atoms with Gasteiger partial charge in [0.25, 0.3) is 0 Å². The lowest BCUT2D eigenvalue weighted by Crippen LogP contribution is -2.22. The standard InChI is InChI=1S/C20H20FN3O2S/c1-3-26-17-10-8-16(9-11-17)23-19(25)13(2)27-20-22-12-18(24-20)14-4-6-15(21)7-5-14/h4-13H,3H2,1-2H3,(H,22,24)(H,23,25). The number of anilines is 1. The van der Waals surface area contributed by atoms with Crippen molar-refractivity contribution in [1.82, 2.24) is 9.97 Å². The zero-order valence-corrected chi connectivity index (χ0v) is 15.8. The number of amides is 1. The summed E-state index contributed by atoms with van der Waals surface area (Å²) in [5.74, 6) is 0.359. The first-order chi connectivity index (χ1) is 13.0. The predicted octanol–water partition coefficient (Wildman–Crippen LogP) is 4.73. The highest BCUT2D eigenvalue weighted by Crippen LogP contribution is 2.25. The average Bonchev–Trinajstić information content (AvgIpc) is 3.12. The molecule has 1 heterocycles. The van der Waals surface area contributed by atoms with Gasteiger partial charge in [-0.2, -0.15) is 0 Å². The first-order valence-electron chi connectivity index (χ1n) is 8.56. The van der Waals surface area contributed by atoms with Gasteiger partial charge in [-0.3, -0.25) is 4.79 Å². The molecule has 1 aromatic heterocycles. The fraction of sp³-hybridized carbons (Fsp3) is 0.200. The number of hydrogen-bond acceptors (Lipinski definition) is 4. The molecule has 3 aromatic rings. The zero-order chi connectivity index (χ0) is 19.2. The lowest BCUT2D eigenvalue weighted by molar-refractivity contribution is -0.115. The smallest absolute Gasteiger partial charge is 0.237 e.